The van der Waals surface area contributed by atoms with Crippen LogP contribution in [-0.4, -0.2) is 53.0 Å². The summed E-state index contributed by atoms with van der Waals surface area (Å²) >= 11 is 0. The normalized spacial score (nSPS) is 13.0. The first-order valence-electron chi connectivity index (χ1n) is 11.9. The van der Waals surface area contributed by atoms with Gasteiger partial charge in [0, 0.05) is 64.3 Å². The maximum Gasteiger partial charge on any atom is 0.253 e. The molecular formula is C28H30N6O2. The quantitative estimate of drug-likeness (QED) is 0.448. The number of pyridine rings is 1. The van der Waals surface area contributed by atoms with Crippen LogP contribution in [0.1, 0.15) is 21.5 Å². The maximum atomic E-state index is 13.5. The average molecular weight is 483 g/mol. The molecule has 0 bridgehead atoms. The number of aromatic nitrogens is 3. The minimum Gasteiger partial charge on any atom is -0.508 e. The number of benzene rings is 2. The summed E-state index contributed by atoms with van der Waals surface area (Å²) < 4.78 is 1.69. The van der Waals surface area contributed by atoms with Gasteiger partial charge in [0.25, 0.3) is 5.91 Å². The molecule has 1 aliphatic heterocycles. The SMILES string of the molecule is Cc1cc(O)cc(-c2cnc(-c3cnn(C)c3)c(C(=O)NCc3ccc4c(c3)N(C)CCN4C)c2)c1. The zero-order valence-corrected chi connectivity index (χ0v) is 21.0. The number of phenolic OH excluding ortho intramolecular Hbond substituents is 1. The van der Waals surface area contributed by atoms with Gasteiger partial charge >= 0.3 is 0 Å². The van der Waals surface area contributed by atoms with Gasteiger partial charge in [-0.05, 0) is 53.9 Å². The van der Waals surface area contributed by atoms with E-state index < -0.39 is 0 Å². The van der Waals surface area contributed by atoms with Crippen molar-refractivity contribution in [3.63, 3.8) is 0 Å². The number of aryl methyl sites for hydroxylation is 2. The van der Waals surface area contributed by atoms with E-state index in [2.05, 4.69) is 57.5 Å². The predicted octanol–water partition coefficient (Wildman–Crippen LogP) is 3.98. The van der Waals surface area contributed by atoms with Gasteiger partial charge in [0.05, 0.1) is 28.8 Å². The Morgan fingerprint density at radius 3 is 2.44 bits per heavy atom. The number of amides is 1. The zero-order chi connectivity index (χ0) is 25.4. The molecule has 5 rings (SSSR count). The summed E-state index contributed by atoms with van der Waals surface area (Å²) in [5.41, 5.74) is 7.64. The molecule has 0 radical (unpaired) electrons. The first-order valence-corrected chi connectivity index (χ1v) is 11.9. The number of hydrogen-bond donors (Lipinski definition) is 2. The van der Waals surface area contributed by atoms with E-state index in [9.17, 15) is 9.90 Å². The molecule has 1 amide bonds. The van der Waals surface area contributed by atoms with Crippen molar-refractivity contribution in [3.8, 4) is 28.1 Å². The van der Waals surface area contributed by atoms with Gasteiger partial charge in [-0.2, -0.15) is 5.10 Å². The van der Waals surface area contributed by atoms with Gasteiger partial charge in [-0.3, -0.25) is 14.5 Å². The third kappa shape index (κ3) is 4.62. The summed E-state index contributed by atoms with van der Waals surface area (Å²) in [5, 5.41) is 17.4. The van der Waals surface area contributed by atoms with Gasteiger partial charge in [-0.25, -0.2) is 0 Å². The molecule has 0 saturated carbocycles. The highest BCUT2D eigenvalue weighted by Gasteiger charge is 2.20. The van der Waals surface area contributed by atoms with Crippen molar-refractivity contribution in [2.75, 3.05) is 37.0 Å². The summed E-state index contributed by atoms with van der Waals surface area (Å²) in [6.45, 7) is 4.26. The molecule has 0 atom stereocenters. The van der Waals surface area contributed by atoms with Crippen molar-refractivity contribution in [1.82, 2.24) is 20.1 Å². The fourth-order valence-corrected chi connectivity index (χ4v) is 4.62. The number of carbonyl (C=O) groups is 1. The average Bonchev–Trinajstić information content (AvgIpc) is 3.30. The molecule has 4 aromatic rings. The number of hydrogen-bond acceptors (Lipinski definition) is 6. The van der Waals surface area contributed by atoms with Crippen LogP contribution >= 0.6 is 0 Å². The fraction of sp³-hybridized carbons (Fsp3) is 0.250. The molecule has 2 aromatic carbocycles. The minimum absolute atomic E-state index is 0.176. The van der Waals surface area contributed by atoms with Gasteiger partial charge in [-0.15, -0.1) is 0 Å². The Labute approximate surface area is 210 Å². The van der Waals surface area contributed by atoms with E-state index >= 15 is 0 Å². The molecule has 0 spiro atoms. The first kappa shape index (κ1) is 23.4. The Bertz CT molecular complexity index is 1420. The van der Waals surface area contributed by atoms with Gasteiger partial charge in [-0.1, -0.05) is 12.1 Å². The van der Waals surface area contributed by atoms with E-state index in [-0.39, 0.29) is 11.7 Å². The van der Waals surface area contributed by atoms with Crippen LogP contribution in [0.4, 0.5) is 11.4 Å². The lowest BCUT2D eigenvalue weighted by atomic mass is 10.00. The Morgan fingerprint density at radius 1 is 0.944 bits per heavy atom. The lowest BCUT2D eigenvalue weighted by Crippen LogP contribution is -2.36. The van der Waals surface area contributed by atoms with Crippen LogP contribution in [0.3, 0.4) is 0 Å². The number of likely N-dealkylation sites (N-methyl/N-ethyl adjacent to an activating group) is 2. The standard InChI is InChI=1S/C28H30N6O2/c1-18-9-20(12-23(35)10-18)21-13-24(27(29-15-21)22-16-31-34(4)17-22)28(36)30-14-19-5-6-25-26(11-19)33(3)8-7-32(25)2/h5-6,9-13,15-17,35H,7-8,14H2,1-4H3,(H,30,36). The second-order valence-electron chi connectivity index (χ2n) is 9.43. The Morgan fingerprint density at radius 2 is 1.72 bits per heavy atom. The number of rotatable bonds is 5. The molecule has 36 heavy (non-hydrogen) atoms. The predicted molar refractivity (Wildman–Crippen MR) is 142 cm³/mol. The van der Waals surface area contributed by atoms with Crippen LogP contribution in [0.2, 0.25) is 0 Å². The number of anilines is 2. The topological polar surface area (TPSA) is 86.5 Å². The van der Waals surface area contributed by atoms with E-state index in [1.165, 1.54) is 5.69 Å². The molecule has 8 nitrogen and oxygen atoms in total. The van der Waals surface area contributed by atoms with Crippen LogP contribution in [0.15, 0.2) is 61.1 Å². The maximum absolute atomic E-state index is 13.5. The first-order chi connectivity index (χ1) is 17.3. The Balaban J connectivity index is 1.46. The van der Waals surface area contributed by atoms with Gasteiger partial charge in [0.15, 0.2) is 0 Å². The van der Waals surface area contributed by atoms with E-state index in [1.54, 1.807) is 29.2 Å². The lowest BCUT2D eigenvalue weighted by molar-refractivity contribution is 0.0951. The van der Waals surface area contributed by atoms with Crippen LogP contribution in [0, 0.1) is 6.92 Å². The molecule has 2 N–H and O–H groups in total. The number of aromatic hydroxyl groups is 1. The number of nitrogens with one attached hydrogen (secondary N) is 1. The molecule has 2 aromatic heterocycles. The highest BCUT2D eigenvalue weighted by Crippen LogP contribution is 2.33. The van der Waals surface area contributed by atoms with E-state index in [0.29, 0.717) is 17.8 Å². The summed E-state index contributed by atoms with van der Waals surface area (Å²) in [6, 6.07) is 13.5. The summed E-state index contributed by atoms with van der Waals surface area (Å²) in [5.74, 6) is -0.0429. The van der Waals surface area contributed by atoms with Gasteiger partial charge < -0.3 is 20.2 Å². The smallest absolute Gasteiger partial charge is 0.253 e. The molecule has 184 valence electrons. The van der Waals surface area contributed by atoms with Crippen molar-refractivity contribution in [3.05, 3.63) is 77.7 Å². The molecule has 0 fully saturated rings. The summed E-state index contributed by atoms with van der Waals surface area (Å²) in [4.78, 5) is 22.6. The van der Waals surface area contributed by atoms with Crippen LogP contribution in [0.5, 0.6) is 5.75 Å². The van der Waals surface area contributed by atoms with E-state index in [4.69, 9.17) is 0 Å². The number of nitrogens with zero attached hydrogens (tertiary/aromatic N) is 5. The summed E-state index contributed by atoms with van der Waals surface area (Å²) in [7, 11) is 6.02. The highest BCUT2D eigenvalue weighted by molar-refractivity contribution is 6.01. The number of fused-ring (bicyclic) bond motifs is 1. The van der Waals surface area contributed by atoms with E-state index in [0.717, 1.165) is 46.6 Å². The largest absolute Gasteiger partial charge is 0.508 e. The van der Waals surface area contributed by atoms with E-state index in [1.807, 2.05) is 32.3 Å². The van der Waals surface area contributed by atoms with Crippen molar-refractivity contribution in [2.45, 2.75) is 13.5 Å². The summed E-state index contributed by atoms with van der Waals surface area (Å²) in [6.07, 6.45) is 5.27. The monoisotopic (exact) mass is 482 g/mol. The third-order valence-corrected chi connectivity index (χ3v) is 6.59. The van der Waals surface area contributed by atoms with Crippen molar-refractivity contribution in [2.24, 2.45) is 7.05 Å². The zero-order valence-electron chi connectivity index (χ0n) is 21.0. The van der Waals surface area contributed by atoms with Gasteiger partial charge in [0.2, 0.25) is 0 Å². The molecule has 0 aliphatic carbocycles. The van der Waals surface area contributed by atoms with Crippen LogP contribution in [-0.2, 0) is 13.6 Å². The molecule has 1 aliphatic rings. The molecular weight excluding hydrogens is 452 g/mol. The van der Waals surface area contributed by atoms with Crippen LogP contribution < -0.4 is 15.1 Å². The molecule has 0 saturated heterocycles. The Kier molecular flexibility index (Phi) is 6.10. The second-order valence-corrected chi connectivity index (χ2v) is 9.43. The van der Waals surface area contributed by atoms with Crippen LogP contribution in [0.25, 0.3) is 22.4 Å². The van der Waals surface area contributed by atoms with Crippen molar-refractivity contribution >= 4 is 17.3 Å². The van der Waals surface area contributed by atoms with Crippen molar-refractivity contribution in [1.29, 1.82) is 0 Å². The van der Waals surface area contributed by atoms with Crippen molar-refractivity contribution < 1.29 is 9.90 Å². The third-order valence-electron chi connectivity index (χ3n) is 6.59. The van der Waals surface area contributed by atoms with Gasteiger partial charge in [0.1, 0.15) is 5.75 Å². The number of phenols is 1. The lowest BCUT2D eigenvalue weighted by Gasteiger charge is -2.35. The fourth-order valence-electron chi connectivity index (χ4n) is 4.62. The number of carbonyl (C=O) groups excluding carboxylic acids is 1. The molecule has 0 unspecified atom stereocenters. The minimum atomic E-state index is -0.219. The Hall–Kier alpha value is -4.33. The highest BCUT2D eigenvalue weighted by atomic mass is 16.3. The molecule has 8 heteroatoms. The second kappa shape index (κ2) is 9.37. The molecule has 3 heterocycles.